The first-order valence-electron chi connectivity index (χ1n) is 3.14. The molecule has 1 aromatic heterocycles. The lowest BCUT2D eigenvalue weighted by Crippen LogP contribution is -2.04. The third-order valence-corrected chi connectivity index (χ3v) is 1.26. The highest BCUT2D eigenvalue weighted by atomic mass is 19.1. The maximum atomic E-state index is 12.2. The van der Waals surface area contributed by atoms with Gasteiger partial charge in [-0.05, 0) is 12.1 Å². The van der Waals surface area contributed by atoms with E-state index in [9.17, 15) is 4.39 Å². The van der Waals surface area contributed by atoms with Crippen LogP contribution in [0.4, 0.5) is 4.39 Å². The summed E-state index contributed by atoms with van der Waals surface area (Å²) in [5.41, 5.74) is 0.272. The zero-order valence-electron chi connectivity index (χ0n) is 5.74. The monoisotopic (exact) mass is 157 g/mol. The fourth-order valence-electron chi connectivity index (χ4n) is 0.678. The number of hydrogen-bond acceptors (Lipinski definition) is 3. The second-order valence-corrected chi connectivity index (χ2v) is 2.10. The summed E-state index contributed by atoms with van der Waals surface area (Å²) in [5, 5.41) is 17.5. The second kappa shape index (κ2) is 3.41. The molecule has 1 rings (SSSR count). The third kappa shape index (κ3) is 1.96. The molecule has 0 amide bonds. The molecule has 0 saturated heterocycles. The summed E-state index contributed by atoms with van der Waals surface area (Å²) in [6.07, 6.45) is -0.0237. The summed E-state index contributed by atoms with van der Waals surface area (Å²) < 4.78 is 12.2. The molecule has 60 valence electrons. The van der Waals surface area contributed by atoms with Gasteiger partial charge in [-0.2, -0.15) is 0 Å². The Morgan fingerprint density at radius 1 is 1.55 bits per heavy atom. The number of aliphatic hydroxyl groups excluding tert-OH is 2. The summed E-state index contributed by atoms with van der Waals surface area (Å²) >= 11 is 0. The summed E-state index contributed by atoms with van der Waals surface area (Å²) in [5.74, 6) is -0.459. The smallest absolute Gasteiger partial charge is 0.141 e. The minimum atomic E-state index is -1.02. The van der Waals surface area contributed by atoms with Crippen molar-refractivity contribution in [3.05, 3.63) is 29.8 Å². The molecule has 0 fully saturated rings. The van der Waals surface area contributed by atoms with Crippen molar-refractivity contribution in [3.8, 4) is 0 Å². The van der Waals surface area contributed by atoms with Gasteiger partial charge in [0.15, 0.2) is 0 Å². The lowest BCUT2D eigenvalue weighted by Gasteiger charge is -2.04. The van der Waals surface area contributed by atoms with Gasteiger partial charge in [0, 0.05) is 0 Å². The van der Waals surface area contributed by atoms with Crippen LogP contribution >= 0.6 is 0 Å². The molecule has 11 heavy (non-hydrogen) atoms. The molecule has 1 unspecified atom stereocenters. The minimum absolute atomic E-state index is 0.272. The Kier molecular flexibility index (Phi) is 2.51. The Hall–Kier alpha value is -1.00. The molecule has 0 aromatic carbocycles. The van der Waals surface area contributed by atoms with Gasteiger partial charge >= 0.3 is 0 Å². The van der Waals surface area contributed by atoms with Crippen molar-refractivity contribution in [1.29, 1.82) is 0 Å². The minimum Gasteiger partial charge on any atom is -0.393 e. The van der Waals surface area contributed by atoms with Crippen molar-refractivity contribution in [1.82, 2.24) is 4.98 Å². The first kappa shape index (κ1) is 8.10. The van der Waals surface area contributed by atoms with E-state index in [0.29, 0.717) is 0 Å². The van der Waals surface area contributed by atoms with Crippen molar-refractivity contribution in [2.75, 3.05) is 6.61 Å². The van der Waals surface area contributed by atoms with Crippen LogP contribution < -0.4 is 0 Å². The van der Waals surface area contributed by atoms with Crippen LogP contribution in [0.15, 0.2) is 18.3 Å². The number of halogens is 1. The standard InChI is InChI=1S/C7H8FNO2/c8-5-1-2-6(9-3-5)7(11)4-10/h1-3,7,10-11H,4H2. The molecule has 0 aliphatic heterocycles. The van der Waals surface area contributed by atoms with Crippen LogP contribution in [0.1, 0.15) is 11.8 Å². The molecular weight excluding hydrogens is 149 g/mol. The van der Waals surface area contributed by atoms with Gasteiger partial charge in [-0.3, -0.25) is 4.98 Å². The quantitative estimate of drug-likeness (QED) is 0.646. The zero-order valence-corrected chi connectivity index (χ0v) is 5.74. The average Bonchev–Trinajstić information content (AvgIpc) is 2.05. The number of hydrogen-bond donors (Lipinski definition) is 2. The normalized spacial score (nSPS) is 13.0. The van der Waals surface area contributed by atoms with Crippen LogP contribution in [0.5, 0.6) is 0 Å². The van der Waals surface area contributed by atoms with Gasteiger partial charge in [-0.1, -0.05) is 0 Å². The Bertz CT molecular complexity index is 224. The lowest BCUT2D eigenvalue weighted by molar-refractivity contribution is 0.0921. The highest BCUT2D eigenvalue weighted by Crippen LogP contribution is 2.08. The average molecular weight is 157 g/mol. The van der Waals surface area contributed by atoms with E-state index in [2.05, 4.69) is 4.98 Å². The molecule has 3 nitrogen and oxygen atoms in total. The van der Waals surface area contributed by atoms with Crippen molar-refractivity contribution in [3.63, 3.8) is 0 Å². The summed E-state index contributed by atoms with van der Waals surface area (Å²) in [7, 11) is 0. The van der Waals surface area contributed by atoms with Gasteiger partial charge < -0.3 is 10.2 Å². The van der Waals surface area contributed by atoms with Gasteiger partial charge in [-0.15, -0.1) is 0 Å². The summed E-state index contributed by atoms with van der Waals surface area (Å²) in [6, 6.07) is 2.51. The van der Waals surface area contributed by atoms with Gasteiger partial charge in [-0.25, -0.2) is 4.39 Å². The molecular formula is C7H8FNO2. The van der Waals surface area contributed by atoms with Crippen molar-refractivity contribution < 1.29 is 14.6 Å². The topological polar surface area (TPSA) is 53.4 Å². The SMILES string of the molecule is OCC(O)c1ccc(F)cn1. The van der Waals surface area contributed by atoms with Gasteiger partial charge in [0.1, 0.15) is 11.9 Å². The molecule has 0 aliphatic rings. The number of nitrogens with zero attached hydrogens (tertiary/aromatic N) is 1. The van der Waals surface area contributed by atoms with E-state index in [0.717, 1.165) is 6.20 Å². The van der Waals surface area contributed by atoms with Crippen molar-refractivity contribution in [2.45, 2.75) is 6.10 Å². The fraction of sp³-hybridized carbons (Fsp3) is 0.286. The van der Waals surface area contributed by atoms with Gasteiger partial charge in [0.2, 0.25) is 0 Å². The molecule has 1 heterocycles. The number of aliphatic hydroxyl groups is 2. The first-order chi connectivity index (χ1) is 5.24. The molecule has 1 atom stereocenters. The van der Waals surface area contributed by atoms with E-state index >= 15 is 0 Å². The predicted octanol–water partition coefficient (Wildman–Crippen LogP) is 0.246. The molecule has 0 radical (unpaired) electrons. The van der Waals surface area contributed by atoms with E-state index in [-0.39, 0.29) is 5.69 Å². The second-order valence-electron chi connectivity index (χ2n) is 2.10. The van der Waals surface area contributed by atoms with Gasteiger partial charge in [0.05, 0.1) is 18.5 Å². The number of aromatic nitrogens is 1. The van der Waals surface area contributed by atoms with Crippen LogP contribution in [0.3, 0.4) is 0 Å². The Balaban J connectivity index is 2.81. The van der Waals surface area contributed by atoms with Crippen LogP contribution in [-0.2, 0) is 0 Å². The number of rotatable bonds is 2. The fourth-order valence-corrected chi connectivity index (χ4v) is 0.678. The van der Waals surface area contributed by atoms with E-state index in [4.69, 9.17) is 10.2 Å². The van der Waals surface area contributed by atoms with Crippen LogP contribution in [0.2, 0.25) is 0 Å². The highest BCUT2D eigenvalue weighted by molar-refractivity contribution is 5.07. The lowest BCUT2D eigenvalue weighted by atomic mass is 10.2. The Morgan fingerprint density at radius 3 is 2.73 bits per heavy atom. The molecule has 0 spiro atoms. The first-order valence-corrected chi connectivity index (χ1v) is 3.14. The van der Waals surface area contributed by atoms with E-state index in [1.807, 2.05) is 0 Å². The molecule has 4 heteroatoms. The van der Waals surface area contributed by atoms with Gasteiger partial charge in [0.25, 0.3) is 0 Å². The number of pyridine rings is 1. The van der Waals surface area contributed by atoms with E-state index in [1.165, 1.54) is 12.1 Å². The largest absolute Gasteiger partial charge is 0.393 e. The van der Waals surface area contributed by atoms with Crippen LogP contribution in [0.25, 0.3) is 0 Å². The third-order valence-electron chi connectivity index (χ3n) is 1.26. The Labute approximate surface area is 63.1 Å². The summed E-state index contributed by atoms with van der Waals surface area (Å²) in [6.45, 7) is -0.404. The maximum absolute atomic E-state index is 12.2. The molecule has 2 N–H and O–H groups in total. The molecule has 0 aliphatic carbocycles. The molecule has 1 aromatic rings. The van der Waals surface area contributed by atoms with E-state index in [1.54, 1.807) is 0 Å². The maximum Gasteiger partial charge on any atom is 0.141 e. The Morgan fingerprint density at radius 2 is 2.27 bits per heavy atom. The van der Waals surface area contributed by atoms with Crippen LogP contribution in [-0.4, -0.2) is 21.8 Å². The molecule has 0 saturated carbocycles. The van der Waals surface area contributed by atoms with Crippen molar-refractivity contribution >= 4 is 0 Å². The van der Waals surface area contributed by atoms with Crippen LogP contribution in [0, 0.1) is 5.82 Å². The highest BCUT2D eigenvalue weighted by Gasteiger charge is 2.05. The molecule has 0 bridgehead atoms. The van der Waals surface area contributed by atoms with E-state index < -0.39 is 18.5 Å². The zero-order chi connectivity index (χ0) is 8.27. The summed E-state index contributed by atoms with van der Waals surface area (Å²) in [4.78, 5) is 3.56. The predicted molar refractivity (Wildman–Crippen MR) is 36.2 cm³/mol. The van der Waals surface area contributed by atoms with Crippen molar-refractivity contribution in [2.24, 2.45) is 0 Å².